The number of alkyl halides is 3. The molecule has 1 aliphatic rings. The van der Waals surface area contributed by atoms with Crippen molar-refractivity contribution in [2.75, 3.05) is 38.2 Å². The Labute approximate surface area is 222 Å². The fourth-order valence-electron chi connectivity index (χ4n) is 4.32. The minimum Gasteiger partial charge on any atom is -0.496 e. The summed E-state index contributed by atoms with van der Waals surface area (Å²) in [5.74, 6) is -1.25. The lowest BCUT2D eigenvalue weighted by Crippen LogP contribution is -2.52. The molecule has 1 N–H and O–H groups in total. The topological polar surface area (TPSA) is 74.8 Å². The summed E-state index contributed by atoms with van der Waals surface area (Å²) in [4.78, 5) is 31.8. The second-order valence-electron chi connectivity index (χ2n) is 9.03. The molecule has 0 radical (unpaired) electrons. The largest absolute Gasteiger partial charge is 0.496 e. The number of halogens is 4. The van der Waals surface area contributed by atoms with Crippen LogP contribution in [0.1, 0.15) is 21.5 Å². The molecular weight excluding hydrogens is 516 g/mol. The first-order valence-electron chi connectivity index (χ1n) is 12.0. The highest BCUT2D eigenvalue weighted by atomic mass is 19.4. The minimum atomic E-state index is -4.45. The van der Waals surface area contributed by atoms with Crippen LogP contribution in [0.5, 0.6) is 5.75 Å². The first-order valence-corrected chi connectivity index (χ1v) is 12.0. The number of piperazine rings is 1. The van der Waals surface area contributed by atoms with Gasteiger partial charge >= 0.3 is 6.18 Å². The zero-order valence-electron chi connectivity index (χ0n) is 21.3. The smallest absolute Gasteiger partial charge is 0.406 e. The Hall–Kier alpha value is -4.41. The van der Waals surface area contributed by atoms with Crippen molar-refractivity contribution in [2.45, 2.75) is 13.1 Å². The van der Waals surface area contributed by atoms with E-state index in [1.807, 2.05) is 0 Å². The van der Waals surface area contributed by atoms with Gasteiger partial charge in [0.05, 0.1) is 24.9 Å². The number of aromatic nitrogens is 1. The van der Waals surface area contributed by atoms with Crippen molar-refractivity contribution in [2.24, 2.45) is 0 Å². The Morgan fingerprint density at radius 3 is 2.51 bits per heavy atom. The monoisotopic (exact) mass is 542 g/mol. The molecule has 4 rings (SSSR count). The number of ether oxygens (including phenoxy) is 1. The van der Waals surface area contributed by atoms with E-state index < -0.39 is 30.4 Å². The van der Waals surface area contributed by atoms with Crippen LogP contribution in [0.3, 0.4) is 0 Å². The van der Waals surface area contributed by atoms with Crippen molar-refractivity contribution in [3.63, 3.8) is 0 Å². The van der Waals surface area contributed by atoms with Crippen LogP contribution >= 0.6 is 0 Å². The predicted molar refractivity (Wildman–Crippen MR) is 139 cm³/mol. The van der Waals surface area contributed by atoms with Crippen LogP contribution in [0.15, 0.2) is 61.3 Å². The van der Waals surface area contributed by atoms with E-state index >= 15 is 0 Å². The average molecular weight is 543 g/mol. The fraction of sp³-hybridized carbons (Fsp3) is 0.250. The number of pyridine rings is 1. The normalized spacial score (nSPS) is 13.8. The van der Waals surface area contributed by atoms with Gasteiger partial charge in [-0.05, 0) is 55.0 Å². The van der Waals surface area contributed by atoms with Gasteiger partial charge in [-0.2, -0.15) is 13.2 Å². The Bertz CT molecular complexity index is 1410. The van der Waals surface area contributed by atoms with Crippen molar-refractivity contribution in [3.8, 4) is 17.0 Å². The SMILES string of the molecule is C=C(NC(=O)c1ccc(N2CCN(CC(F)(F)F)C(=O)C2)cc1)c1cc(-c2c(F)cccc2OC)ncc1C. The van der Waals surface area contributed by atoms with E-state index in [2.05, 4.69) is 16.9 Å². The number of amides is 2. The third-order valence-electron chi connectivity index (χ3n) is 6.33. The molecule has 11 heteroatoms. The molecule has 2 amide bonds. The lowest BCUT2D eigenvalue weighted by Gasteiger charge is -2.35. The van der Waals surface area contributed by atoms with Crippen molar-refractivity contribution < 1.29 is 31.9 Å². The molecule has 2 aromatic carbocycles. The van der Waals surface area contributed by atoms with Crippen LogP contribution in [0, 0.1) is 12.7 Å². The summed E-state index contributed by atoms with van der Waals surface area (Å²) in [6.45, 7) is 4.48. The molecule has 1 aromatic heterocycles. The Kier molecular flexibility index (Phi) is 7.89. The van der Waals surface area contributed by atoms with Gasteiger partial charge in [-0.3, -0.25) is 14.6 Å². The highest BCUT2D eigenvalue weighted by Gasteiger charge is 2.35. The third-order valence-corrected chi connectivity index (χ3v) is 6.33. The number of aryl methyl sites for hydroxylation is 1. The van der Waals surface area contributed by atoms with E-state index in [0.717, 1.165) is 4.90 Å². The van der Waals surface area contributed by atoms with Crippen molar-refractivity contribution in [1.29, 1.82) is 0 Å². The van der Waals surface area contributed by atoms with Gasteiger partial charge in [-0.1, -0.05) is 12.6 Å². The van der Waals surface area contributed by atoms with Gasteiger partial charge < -0.3 is 19.9 Å². The summed E-state index contributed by atoms with van der Waals surface area (Å²) >= 11 is 0. The standard InChI is InChI=1S/C28H26F4N4O3/c1-17-14-33-23(26-22(29)5-4-6-24(26)39-3)13-21(17)18(2)34-27(38)19-7-9-20(10-8-19)35-11-12-36(25(37)15-35)16-28(30,31)32/h4-10,13-14H,2,11-12,15-16H2,1,3H3,(H,34,38). The summed E-state index contributed by atoms with van der Waals surface area (Å²) < 4.78 is 57.8. The molecule has 0 bridgehead atoms. The van der Waals surface area contributed by atoms with Gasteiger partial charge in [0, 0.05) is 41.8 Å². The maximum Gasteiger partial charge on any atom is 0.406 e. The Morgan fingerprint density at radius 2 is 1.87 bits per heavy atom. The van der Waals surface area contributed by atoms with Crippen molar-refractivity contribution in [1.82, 2.24) is 15.2 Å². The number of methoxy groups -OCH3 is 1. The van der Waals surface area contributed by atoms with E-state index in [1.165, 1.54) is 19.2 Å². The number of anilines is 1. The Morgan fingerprint density at radius 1 is 1.15 bits per heavy atom. The number of nitrogens with zero attached hydrogens (tertiary/aromatic N) is 3. The summed E-state index contributed by atoms with van der Waals surface area (Å²) in [5.41, 5.74) is 2.98. The summed E-state index contributed by atoms with van der Waals surface area (Å²) in [5, 5.41) is 2.74. The van der Waals surface area contributed by atoms with Gasteiger partial charge in [0.15, 0.2) is 0 Å². The molecule has 1 saturated heterocycles. The number of benzene rings is 2. The van der Waals surface area contributed by atoms with Crippen LogP contribution in [-0.4, -0.2) is 61.2 Å². The number of hydrogen-bond acceptors (Lipinski definition) is 5. The van der Waals surface area contributed by atoms with Crippen molar-refractivity contribution in [3.05, 3.63) is 83.8 Å². The van der Waals surface area contributed by atoms with Crippen molar-refractivity contribution >= 4 is 23.2 Å². The molecule has 204 valence electrons. The Balaban J connectivity index is 1.45. The molecule has 7 nitrogen and oxygen atoms in total. The molecular formula is C28H26F4N4O3. The molecule has 1 fully saturated rings. The molecule has 39 heavy (non-hydrogen) atoms. The molecule has 0 unspecified atom stereocenters. The molecule has 0 atom stereocenters. The zero-order chi connectivity index (χ0) is 28.3. The third kappa shape index (κ3) is 6.36. The summed E-state index contributed by atoms with van der Waals surface area (Å²) in [7, 11) is 1.43. The molecule has 2 heterocycles. The average Bonchev–Trinajstić information content (AvgIpc) is 2.89. The highest BCUT2D eigenvalue weighted by molar-refractivity contribution is 6.00. The molecule has 0 aliphatic carbocycles. The van der Waals surface area contributed by atoms with Gasteiger partial charge in [-0.25, -0.2) is 4.39 Å². The fourth-order valence-corrected chi connectivity index (χ4v) is 4.32. The van der Waals surface area contributed by atoms with Gasteiger partial charge in [0.2, 0.25) is 5.91 Å². The lowest BCUT2D eigenvalue weighted by atomic mass is 10.0. The number of hydrogen-bond donors (Lipinski definition) is 1. The van der Waals surface area contributed by atoms with Crippen LogP contribution in [0.4, 0.5) is 23.2 Å². The van der Waals surface area contributed by atoms with E-state index in [9.17, 15) is 27.2 Å². The number of nitrogens with one attached hydrogen (secondary N) is 1. The van der Waals surface area contributed by atoms with Gasteiger partial charge in [-0.15, -0.1) is 0 Å². The zero-order valence-corrected chi connectivity index (χ0v) is 21.3. The quantitative estimate of drug-likeness (QED) is 0.434. The first-order chi connectivity index (χ1) is 18.5. The van der Waals surface area contributed by atoms with Crippen LogP contribution in [0.2, 0.25) is 0 Å². The van der Waals surface area contributed by atoms with E-state index in [-0.39, 0.29) is 30.9 Å². The van der Waals surface area contributed by atoms with Gasteiger partial charge in [0.1, 0.15) is 18.1 Å². The van der Waals surface area contributed by atoms with Gasteiger partial charge in [0.25, 0.3) is 5.91 Å². The minimum absolute atomic E-state index is 0.0492. The molecule has 3 aromatic rings. The van der Waals surface area contributed by atoms with Crippen LogP contribution in [-0.2, 0) is 4.79 Å². The predicted octanol–water partition coefficient (Wildman–Crippen LogP) is 4.82. The van der Waals surface area contributed by atoms with Crippen LogP contribution < -0.4 is 15.0 Å². The highest BCUT2D eigenvalue weighted by Crippen LogP contribution is 2.33. The maximum atomic E-state index is 14.6. The van der Waals surface area contributed by atoms with E-state index in [1.54, 1.807) is 54.4 Å². The second-order valence-corrected chi connectivity index (χ2v) is 9.03. The number of carbonyl (C=O) groups is 2. The molecule has 0 spiro atoms. The number of rotatable bonds is 7. The van der Waals surface area contributed by atoms with Crippen LogP contribution in [0.25, 0.3) is 17.0 Å². The second kappa shape index (κ2) is 11.1. The summed E-state index contributed by atoms with van der Waals surface area (Å²) in [6, 6.07) is 12.4. The summed E-state index contributed by atoms with van der Waals surface area (Å²) in [6.07, 6.45) is -2.89. The van der Waals surface area contributed by atoms with E-state index in [0.29, 0.717) is 33.8 Å². The maximum absolute atomic E-state index is 14.6. The molecule has 0 saturated carbocycles. The number of carbonyl (C=O) groups excluding carboxylic acids is 2. The molecule has 1 aliphatic heterocycles. The van der Waals surface area contributed by atoms with E-state index in [4.69, 9.17) is 4.74 Å². The lowest BCUT2D eigenvalue weighted by molar-refractivity contribution is -0.161. The first kappa shape index (κ1) is 27.6.